The van der Waals surface area contributed by atoms with Crippen LogP contribution in [0, 0.1) is 10.1 Å². The zero-order valence-electron chi connectivity index (χ0n) is 11.9. The molecular formula is C14H9N3O6S. The summed E-state index contributed by atoms with van der Waals surface area (Å²) in [5, 5.41) is 13.0. The van der Waals surface area contributed by atoms with E-state index >= 15 is 0 Å². The molecule has 10 heteroatoms. The van der Waals surface area contributed by atoms with Crippen LogP contribution in [0.1, 0.15) is 5.56 Å². The molecule has 122 valence electrons. The highest BCUT2D eigenvalue weighted by Gasteiger charge is 2.31. The molecule has 2 aromatic rings. The van der Waals surface area contributed by atoms with Crippen molar-refractivity contribution in [3.63, 3.8) is 0 Å². The van der Waals surface area contributed by atoms with E-state index in [1.165, 1.54) is 36.4 Å². The summed E-state index contributed by atoms with van der Waals surface area (Å²) in [5.74, 6) is -0.353. The Hall–Kier alpha value is -3.27. The average molecular weight is 347 g/mol. The Kier molecular flexibility index (Phi) is 3.73. The van der Waals surface area contributed by atoms with Crippen LogP contribution in [0.5, 0.6) is 0 Å². The number of nitrogens with one attached hydrogen (secondary N) is 1. The van der Waals surface area contributed by atoms with Crippen molar-refractivity contribution in [2.45, 2.75) is 4.90 Å². The van der Waals surface area contributed by atoms with E-state index in [9.17, 15) is 23.3 Å². The number of sulfonamides is 1. The maximum absolute atomic E-state index is 11.9. The molecule has 3 rings (SSSR count). The van der Waals surface area contributed by atoms with Gasteiger partial charge in [0.2, 0.25) is 5.90 Å². The van der Waals surface area contributed by atoms with E-state index < -0.39 is 21.0 Å². The van der Waals surface area contributed by atoms with Gasteiger partial charge < -0.3 is 4.74 Å². The molecule has 24 heavy (non-hydrogen) atoms. The molecule has 0 saturated heterocycles. The van der Waals surface area contributed by atoms with E-state index in [0.29, 0.717) is 0 Å². The van der Waals surface area contributed by atoms with Gasteiger partial charge in [-0.3, -0.25) is 15.4 Å². The minimum atomic E-state index is -3.90. The van der Waals surface area contributed by atoms with E-state index in [1.54, 1.807) is 6.07 Å². The summed E-state index contributed by atoms with van der Waals surface area (Å²) in [6.45, 7) is 0. The van der Waals surface area contributed by atoms with E-state index in [-0.39, 0.29) is 27.7 Å². The number of non-ortho nitro benzene ring substituents is 1. The molecule has 0 radical (unpaired) electrons. The number of hydrogen-bond acceptors (Lipinski definition) is 6. The largest absolute Gasteiger partial charge is 0.418 e. The SMILES string of the molecule is O=C(Nc1cccc([N+](=O)[O-])c1)OC1=NS(=O)(=O)c2ccccc21. The predicted octanol–water partition coefficient (Wildman–Crippen LogP) is 2.29. The first-order valence-corrected chi connectivity index (χ1v) is 7.98. The normalized spacial score (nSPS) is 14.4. The first-order valence-electron chi connectivity index (χ1n) is 6.54. The molecule has 0 atom stereocenters. The molecule has 9 nitrogen and oxygen atoms in total. The van der Waals surface area contributed by atoms with Gasteiger partial charge in [0.1, 0.15) is 4.90 Å². The molecule has 0 aliphatic carbocycles. The highest BCUT2D eigenvalue weighted by atomic mass is 32.2. The first-order chi connectivity index (χ1) is 11.4. The van der Waals surface area contributed by atoms with E-state index in [0.717, 1.165) is 6.07 Å². The molecule has 0 saturated carbocycles. The van der Waals surface area contributed by atoms with E-state index in [4.69, 9.17) is 4.74 Å². The molecule has 0 bridgehead atoms. The number of nitro benzene ring substituents is 1. The molecule has 2 aromatic carbocycles. The monoisotopic (exact) mass is 347 g/mol. The second kappa shape index (κ2) is 5.74. The van der Waals surface area contributed by atoms with Crippen LogP contribution in [-0.2, 0) is 14.8 Å². The molecule has 0 aromatic heterocycles. The van der Waals surface area contributed by atoms with Crippen molar-refractivity contribution in [1.82, 2.24) is 0 Å². The smallest absolute Gasteiger partial charge is 0.390 e. The molecule has 0 fully saturated rings. The van der Waals surface area contributed by atoms with Crippen LogP contribution < -0.4 is 5.32 Å². The number of anilines is 1. The molecule has 1 aliphatic rings. The maximum Gasteiger partial charge on any atom is 0.418 e. The van der Waals surface area contributed by atoms with Gasteiger partial charge in [-0.1, -0.05) is 18.2 Å². The summed E-state index contributed by atoms with van der Waals surface area (Å²) in [4.78, 5) is 21.9. The molecule has 1 N–H and O–H groups in total. The zero-order chi connectivity index (χ0) is 17.3. The summed E-state index contributed by atoms with van der Waals surface area (Å²) < 4.78 is 32.0. The van der Waals surface area contributed by atoms with Gasteiger partial charge in [-0.15, -0.1) is 4.40 Å². The molecule has 1 aliphatic heterocycles. The molecule has 0 unspecified atom stereocenters. The minimum absolute atomic E-state index is 0.0526. The first kappa shape index (κ1) is 15.6. The van der Waals surface area contributed by atoms with Crippen LogP contribution in [-0.4, -0.2) is 25.3 Å². The molecule has 0 spiro atoms. The zero-order valence-corrected chi connectivity index (χ0v) is 12.7. The highest BCUT2D eigenvalue weighted by Crippen LogP contribution is 2.26. The Bertz CT molecular complexity index is 984. The quantitative estimate of drug-likeness (QED) is 0.655. The Morgan fingerprint density at radius 2 is 1.92 bits per heavy atom. The van der Waals surface area contributed by atoms with Gasteiger partial charge in [0.05, 0.1) is 16.2 Å². The standard InChI is InChI=1S/C14H9N3O6S/c18-14(15-9-4-3-5-10(8-9)17(19)20)23-13-11-6-1-2-7-12(11)24(21,22)16-13/h1-8H,(H,15,18). The van der Waals surface area contributed by atoms with Gasteiger partial charge >= 0.3 is 6.09 Å². The van der Waals surface area contributed by atoms with Gasteiger partial charge in [-0.2, -0.15) is 8.42 Å². The summed E-state index contributed by atoms with van der Waals surface area (Å²) >= 11 is 0. The fourth-order valence-electron chi connectivity index (χ4n) is 2.08. The minimum Gasteiger partial charge on any atom is -0.390 e. The van der Waals surface area contributed by atoms with E-state index in [1.807, 2.05) is 0 Å². The van der Waals surface area contributed by atoms with Crippen molar-refractivity contribution in [2.75, 3.05) is 5.32 Å². The van der Waals surface area contributed by atoms with Crippen molar-refractivity contribution in [3.05, 3.63) is 64.2 Å². The number of hydrogen-bond donors (Lipinski definition) is 1. The van der Waals surface area contributed by atoms with Gasteiger partial charge in [-0.25, -0.2) is 4.79 Å². The number of fused-ring (bicyclic) bond motifs is 1. The van der Waals surface area contributed by atoms with Crippen LogP contribution in [0.15, 0.2) is 57.8 Å². The average Bonchev–Trinajstić information content (AvgIpc) is 2.79. The highest BCUT2D eigenvalue weighted by molar-refractivity contribution is 7.90. The van der Waals surface area contributed by atoms with Gasteiger partial charge in [-0.05, 0) is 18.2 Å². The number of carbonyl (C=O) groups is 1. The third-order valence-electron chi connectivity index (χ3n) is 3.09. The summed E-state index contributed by atoms with van der Waals surface area (Å²) in [6, 6.07) is 11.1. The molecular weight excluding hydrogens is 338 g/mol. The van der Waals surface area contributed by atoms with Crippen molar-refractivity contribution >= 4 is 33.4 Å². The lowest BCUT2D eigenvalue weighted by molar-refractivity contribution is -0.384. The summed E-state index contributed by atoms with van der Waals surface area (Å²) in [7, 11) is -3.90. The number of rotatable bonds is 2. The Morgan fingerprint density at radius 1 is 1.17 bits per heavy atom. The Morgan fingerprint density at radius 3 is 2.67 bits per heavy atom. The molecule has 1 amide bonds. The summed E-state index contributed by atoms with van der Waals surface area (Å²) in [6.07, 6.45) is -1.01. The van der Waals surface area contributed by atoms with Crippen molar-refractivity contribution in [1.29, 1.82) is 0 Å². The van der Waals surface area contributed by atoms with Crippen molar-refractivity contribution < 1.29 is 22.9 Å². The number of ether oxygens (including phenoxy) is 1. The molecule has 1 heterocycles. The number of amides is 1. The lowest BCUT2D eigenvalue weighted by Crippen LogP contribution is -2.18. The van der Waals surface area contributed by atoms with Gasteiger partial charge in [0.25, 0.3) is 15.7 Å². The number of nitro groups is 1. The predicted molar refractivity (Wildman–Crippen MR) is 83.4 cm³/mol. The second-order valence-electron chi connectivity index (χ2n) is 4.69. The lowest BCUT2D eigenvalue weighted by atomic mass is 10.2. The number of carbonyl (C=O) groups excluding carboxylic acids is 1. The third kappa shape index (κ3) is 2.94. The van der Waals surface area contributed by atoms with E-state index in [2.05, 4.69) is 9.71 Å². The Balaban J connectivity index is 1.79. The maximum atomic E-state index is 11.9. The summed E-state index contributed by atoms with van der Waals surface area (Å²) in [5.41, 5.74) is 0.0922. The fourth-order valence-corrected chi connectivity index (χ4v) is 3.21. The van der Waals surface area contributed by atoms with Gasteiger partial charge in [0.15, 0.2) is 0 Å². The second-order valence-corrected chi connectivity index (χ2v) is 6.26. The fraction of sp³-hybridized carbons (Fsp3) is 0. The topological polar surface area (TPSA) is 128 Å². The number of benzene rings is 2. The Labute approximate surface area is 135 Å². The third-order valence-corrected chi connectivity index (χ3v) is 4.41. The lowest BCUT2D eigenvalue weighted by Gasteiger charge is -2.06. The van der Waals surface area contributed by atoms with Crippen molar-refractivity contribution in [3.8, 4) is 0 Å². The van der Waals surface area contributed by atoms with Gasteiger partial charge in [0, 0.05) is 12.1 Å². The van der Waals surface area contributed by atoms with Crippen LogP contribution in [0.4, 0.5) is 16.2 Å². The van der Waals surface area contributed by atoms with Crippen molar-refractivity contribution in [2.24, 2.45) is 4.40 Å². The van der Waals surface area contributed by atoms with Crippen LogP contribution in [0.2, 0.25) is 0 Å². The van der Waals surface area contributed by atoms with Crippen LogP contribution in [0.25, 0.3) is 0 Å². The number of nitrogens with zero attached hydrogens (tertiary/aromatic N) is 2. The van der Waals surface area contributed by atoms with Crippen LogP contribution >= 0.6 is 0 Å². The van der Waals surface area contributed by atoms with Crippen LogP contribution in [0.3, 0.4) is 0 Å².